The van der Waals surface area contributed by atoms with Crippen molar-refractivity contribution in [2.24, 2.45) is 5.92 Å². The first kappa shape index (κ1) is 16.6. The number of morpholine rings is 1. The summed E-state index contributed by atoms with van der Waals surface area (Å²) in [6.07, 6.45) is 5.48. The number of rotatable bonds is 4. The van der Waals surface area contributed by atoms with Gasteiger partial charge in [0, 0.05) is 25.2 Å². The van der Waals surface area contributed by atoms with Gasteiger partial charge in [0.05, 0.1) is 23.9 Å². The predicted octanol–water partition coefficient (Wildman–Crippen LogP) is 4.00. The molecule has 1 aromatic carbocycles. The zero-order chi connectivity index (χ0) is 16.2. The van der Waals surface area contributed by atoms with Crippen molar-refractivity contribution in [3.05, 3.63) is 22.7 Å². The van der Waals surface area contributed by atoms with Crippen LogP contribution in [0.2, 0.25) is 5.02 Å². The number of halogens is 1. The van der Waals surface area contributed by atoms with E-state index in [1.54, 1.807) is 0 Å². The maximum absolute atomic E-state index is 12.3. The van der Waals surface area contributed by atoms with Gasteiger partial charge in [0.25, 0.3) is 0 Å². The van der Waals surface area contributed by atoms with Crippen LogP contribution in [-0.2, 0) is 9.53 Å². The summed E-state index contributed by atoms with van der Waals surface area (Å²) in [4.78, 5) is 14.5. The third-order valence-corrected chi connectivity index (χ3v) is 5.16. The van der Waals surface area contributed by atoms with Crippen molar-refractivity contribution >= 4 is 28.9 Å². The third kappa shape index (κ3) is 4.18. The van der Waals surface area contributed by atoms with Crippen molar-refractivity contribution in [1.82, 2.24) is 0 Å². The van der Waals surface area contributed by atoms with Crippen molar-refractivity contribution in [2.45, 2.75) is 39.0 Å². The predicted molar refractivity (Wildman–Crippen MR) is 94.4 cm³/mol. The minimum Gasteiger partial charge on any atom is -0.378 e. The molecule has 0 aromatic heterocycles. The van der Waals surface area contributed by atoms with Crippen LogP contribution in [0.5, 0.6) is 0 Å². The van der Waals surface area contributed by atoms with Gasteiger partial charge < -0.3 is 15.0 Å². The maximum Gasteiger partial charge on any atom is 0.224 e. The Morgan fingerprint density at radius 1 is 1.30 bits per heavy atom. The number of benzene rings is 1. The van der Waals surface area contributed by atoms with E-state index in [1.807, 2.05) is 13.0 Å². The highest BCUT2D eigenvalue weighted by molar-refractivity contribution is 6.34. The van der Waals surface area contributed by atoms with Gasteiger partial charge in [-0.25, -0.2) is 0 Å². The van der Waals surface area contributed by atoms with Gasteiger partial charge in [-0.1, -0.05) is 24.4 Å². The molecule has 0 unspecified atom stereocenters. The monoisotopic (exact) mass is 336 g/mol. The molecule has 1 N–H and O–H groups in total. The normalized spacial score (nSPS) is 19.1. The first-order valence-corrected chi connectivity index (χ1v) is 8.94. The number of hydrogen-bond acceptors (Lipinski definition) is 3. The lowest BCUT2D eigenvalue weighted by Gasteiger charge is -2.29. The van der Waals surface area contributed by atoms with Crippen molar-refractivity contribution < 1.29 is 9.53 Å². The molecule has 1 aliphatic carbocycles. The molecule has 23 heavy (non-hydrogen) atoms. The first-order valence-electron chi connectivity index (χ1n) is 8.56. The highest BCUT2D eigenvalue weighted by atomic mass is 35.5. The SMILES string of the molecule is Cc1cc(N2CCOCC2)cc(Cl)c1NC(=O)CC1CCCC1. The van der Waals surface area contributed by atoms with Crippen LogP contribution in [0, 0.1) is 12.8 Å². The Bertz CT molecular complexity index is 541. The molecule has 2 aliphatic rings. The summed E-state index contributed by atoms with van der Waals surface area (Å²) in [6.45, 7) is 5.25. The van der Waals surface area contributed by atoms with Crippen molar-refractivity contribution in [2.75, 3.05) is 36.5 Å². The van der Waals surface area contributed by atoms with E-state index < -0.39 is 0 Å². The van der Waals surface area contributed by atoms with Crippen LogP contribution in [0.1, 0.15) is 37.7 Å². The lowest BCUT2D eigenvalue weighted by molar-refractivity contribution is -0.117. The summed E-state index contributed by atoms with van der Waals surface area (Å²) in [5.41, 5.74) is 2.87. The molecule has 4 nitrogen and oxygen atoms in total. The second kappa shape index (κ2) is 7.54. The molecule has 0 atom stereocenters. The average Bonchev–Trinajstić information content (AvgIpc) is 3.04. The van der Waals surface area contributed by atoms with Crippen LogP contribution < -0.4 is 10.2 Å². The standard InChI is InChI=1S/C18H25ClN2O2/c1-13-10-15(21-6-8-23-9-7-21)12-16(19)18(13)20-17(22)11-14-4-2-3-5-14/h10,12,14H,2-9,11H2,1H3,(H,20,22). The van der Waals surface area contributed by atoms with Gasteiger partial charge >= 0.3 is 0 Å². The molecule has 1 saturated heterocycles. The fourth-order valence-corrected chi connectivity index (χ4v) is 3.86. The quantitative estimate of drug-likeness (QED) is 0.903. The van der Waals surface area contributed by atoms with E-state index in [0.29, 0.717) is 17.4 Å². The van der Waals surface area contributed by atoms with E-state index in [-0.39, 0.29) is 5.91 Å². The fourth-order valence-electron chi connectivity index (χ4n) is 3.56. The van der Waals surface area contributed by atoms with E-state index in [2.05, 4.69) is 16.3 Å². The Hall–Kier alpha value is -1.26. The van der Waals surface area contributed by atoms with E-state index in [0.717, 1.165) is 43.2 Å². The van der Waals surface area contributed by atoms with Crippen molar-refractivity contribution in [3.63, 3.8) is 0 Å². The van der Waals surface area contributed by atoms with Crippen LogP contribution >= 0.6 is 11.6 Å². The molecule has 3 rings (SSSR count). The number of nitrogens with zero attached hydrogens (tertiary/aromatic N) is 1. The zero-order valence-corrected chi connectivity index (χ0v) is 14.5. The van der Waals surface area contributed by atoms with Gasteiger partial charge in [-0.05, 0) is 43.4 Å². The van der Waals surface area contributed by atoms with E-state index in [9.17, 15) is 4.79 Å². The number of hydrogen-bond donors (Lipinski definition) is 1. The lowest BCUT2D eigenvalue weighted by Crippen LogP contribution is -2.36. The highest BCUT2D eigenvalue weighted by Gasteiger charge is 2.20. The average molecular weight is 337 g/mol. The zero-order valence-electron chi connectivity index (χ0n) is 13.7. The van der Waals surface area contributed by atoms with Crippen LogP contribution in [0.15, 0.2) is 12.1 Å². The molecule has 1 aliphatic heterocycles. The second-order valence-corrected chi connectivity index (χ2v) is 7.03. The summed E-state index contributed by atoms with van der Waals surface area (Å²) in [5.74, 6) is 0.628. The number of amides is 1. The largest absolute Gasteiger partial charge is 0.378 e. The number of ether oxygens (including phenoxy) is 1. The molecule has 1 aromatic rings. The van der Waals surface area contributed by atoms with Gasteiger partial charge in [0.15, 0.2) is 0 Å². The molecular weight excluding hydrogens is 312 g/mol. The Labute approximate surface area is 143 Å². The molecule has 0 spiro atoms. The van der Waals surface area contributed by atoms with E-state index in [1.165, 1.54) is 25.7 Å². The van der Waals surface area contributed by atoms with Crippen LogP contribution in [0.3, 0.4) is 0 Å². The van der Waals surface area contributed by atoms with Crippen LogP contribution in [0.25, 0.3) is 0 Å². The number of carbonyl (C=O) groups is 1. The Morgan fingerprint density at radius 2 is 2.00 bits per heavy atom. The molecule has 1 saturated carbocycles. The Kier molecular flexibility index (Phi) is 5.44. The molecule has 5 heteroatoms. The molecule has 0 bridgehead atoms. The summed E-state index contributed by atoms with van der Waals surface area (Å²) in [5, 5.41) is 3.64. The number of carbonyl (C=O) groups excluding carboxylic acids is 1. The molecule has 126 valence electrons. The molecule has 1 heterocycles. The topological polar surface area (TPSA) is 41.6 Å². The van der Waals surface area contributed by atoms with E-state index in [4.69, 9.17) is 16.3 Å². The summed E-state index contributed by atoms with van der Waals surface area (Å²) < 4.78 is 5.39. The maximum atomic E-state index is 12.3. The second-order valence-electron chi connectivity index (χ2n) is 6.62. The third-order valence-electron chi connectivity index (χ3n) is 4.86. The smallest absolute Gasteiger partial charge is 0.224 e. The number of anilines is 2. The van der Waals surface area contributed by atoms with Crippen LogP contribution in [-0.4, -0.2) is 32.2 Å². The minimum absolute atomic E-state index is 0.0843. The number of nitrogens with one attached hydrogen (secondary N) is 1. The van der Waals surface area contributed by atoms with Gasteiger partial charge in [-0.3, -0.25) is 4.79 Å². The van der Waals surface area contributed by atoms with Gasteiger partial charge in [-0.15, -0.1) is 0 Å². The number of aryl methyl sites for hydroxylation is 1. The van der Waals surface area contributed by atoms with E-state index >= 15 is 0 Å². The van der Waals surface area contributed by atoms with Crippen molar-refractivity contribution in [3.8, 4) is 0 Å². The Morgan fingerprint density at radius 3 is 2.65 bits per heavy atom. The van der Waals surface area contributed by atoms with Gasteiger partial charge in [0.2, 0.25) is 5.91 Å². The molecule has 1 amide bonds. The molecule has 0 radical (unpaired) electrons. The molecular formula is C18H25ClN2O2. The Balaban J connectivity index is 1.68. The van der Waals surface area contributed by atoms with Gasteiger partial charge in [0.1, 0.15) is 0 Å². The van der Waals surface area contributed by atoms with Crippen molar-refractivity contribution in [1.29, 1.82) is 0 Å². The van der Waals surface area contributed by atoms with Crippen LogP contribution in [0.4, 0.5) is 11.4 Å². The fraction of sp³-hybridized carbons (Fsp3) is 0.611. The molecule has 2 fully saturated rings. The summed E-state index contributed by atoms with van der Waals surface area (Å²) in [6, 6.07) is 4.05. The lowest BCUT2D eigenvalue weighted by atomic mass is 10.0. The van der Waals surface area contributed by atoms with Gasteiger partial charge in [-0.2, -0.15) is 0 Å². The minimum atomic E-state index is 0.0843. The summed E-state index contributed by atoms with van der Waals surface area (Å²) >= 11 is 6.44. The first-order chi connectivity index (χ1) is 11.1. The summed E-state index contributed by atoms with van der Waals surface area (Å²) in [7, 11) is 0. The highest BCUT2D eigenvalue weighted by Crippen LogP contribution is 2.33.